The Balaban J connectivity index is 1.50. The number of halogens is 1. The Kier molecular flexibility index (Phi) is 4.57. The van der Waals surface area contributed by atoms with E-state index in [2.05, 4.69) is 25.3 Å². The van der Waals surface area contributed by atoms with E-state index in [1.54, 1.807) is 16.0 Å². The molecule has 27 heavy (non-hydrogen) atoms. The van der Waals surface area contributed by atoms with Crippen molar-refractivity contribution in [3.05, 3.63) is 58.6 Å². The normalized spacial score (nSPS) is 10.9. The van der Waals surface area contributed by atoms with Crippen molar-refractivity contribution in [3.63, 3.8) is 0 Å². The number of hydrogen-bond donors (Lipinski definition) is 2. The highest BCUT2D eigenvalue weighted by Gasteiger charge is 2.21. The number of benzene rings is 1. The fourth-order valence-electron chi connectivity index (χ4n) is 2.35. The van der Waals surface area contributed by atoms with Crippen LogP contribution in [0.2, 0.25) is 5.15 Å². The molecule has 11 heteroatoms. The summed E-state index contributed by atoms with van der Waals surface area (Å²) in [5, 5.41) is 4.89. The molecule has 0 aliphatic rings. The number of fused-ring (bicyclic) bond motifs is 1. The van der Waals surface area contributed by atoms with Crippen molar-refractivity contribution in [2.45, 2.75) is 6.61 Å². The van der Waals surface area contributed by atoms with Gasteiger partial charge in [0.25, 0.3) is 0 Å². The smallest absolute Gasteiger partial charge is 0.359 e. The summed E-state index contributed by atoms with van der Waals surface area (Å²) in [4.78, 5) is 29.3. The number of anilines is 3. The lowest BCUT2D eigenvalue weighted by atomic mass is 10.3. The summed E-state index contributed by atoms with van der Waals surface area (Å²) in [7, 11) is 0. The number of aromatic nitrogens is 5. The minimum Gasteiger partial charge on any atom is -0.453 e. The number of thiazole rings is 1. The van der Waals surface area contributed by atoms with Crippen LogP contribution < -0.4 is 11.1 Å². The summed E-state index contributed by atoms with van der Waals surface area (Å²) < 4.78 is 6.84. The molecule has 3 N–H and O–H groups in total. The number of carbonyl (C=O) groups excluding carboxylic acids is 1. The molecule has 0 saturated carbocycles. The van der Waals surface area contributed by atoms with Crippen LogP contribution in [0.25, 0.3) is 4.96 Å². The minimum atomic E-state index is -0.637. The third-order valence-corrected chi connectivity index (χ3v) is 4.49. The van der Waals surface area contributed by atoms with Gasteiger partial charge in [-0.1, -0.05) is 29.8 Å². The van der Waals surface area contributed by atoms with Crippen molar-refractivity contribution in [2.24, 2.45) is 0 Å². The van der Waals surface area contributed by atoms with Gasteiger partial charge in [-0.25, -0.2) is 9.78 Å². The first-order valence-corrected chi connectivity index (χ1v) is 8.96. The number of imidazole rings is 1. The van der Waals surface area contributed by atoms with Crippen LogP contribution in [-0.2, 0) is 11.3 Å². The van der Waals surface area contributed by atoms with E-state index < -0.39 is 5.97 Å². The topological polar surface area (TPSA) is 120 Å². The number of esters is 1. The summed E-state index contributed by atoms with van der Waals surface area (Å²) in [6.07, 6.45) is 1.69. The van der Waals surface area contributed by atoms with Crippen molar-refractivity contribution >= 4 is 51.5 Å². The predicted octanol–water partition coefficient (Wildman–Crippen LogP) is 2.92. The van der Waals surface area contributed by atoms with Crippen molar-refractivity contribution in [3.8, 4) is 0 Å². The number of carbonyl (C=O) groups is 1. The van der Waals surface area contributed by atoms with Gasteiger partial charge in [0.1, 0.15) is 0 Å². The van der Waals surface area contributed by atoms with E-state index >= 15 is 0 Å². The number of para-hydroxylation sites is 1. The number of rotatable bonds is 5. The van der Waals surface area contributed by atoms with Gasteiger partial charge in [-0.2, -0.15) is 15.0 Å². The third-order valence-electron chi connectivity index (χ3n) is 3.47. The Hall–Kier alpha value is -3.24. The van der Waals surface area contributed by atoms with E-state index in [9.17, 15) is 4.79 Å². The highest BCUT2D eigenvalue weighted by Crippen LogP contribution is 2.22. The van der Waals surface area contributed by atoms with Crippen LogP contribution in [-0.4, -0.2) is 30.3 Å². The van der Waals surface area contributed by atoms with Crippen molar-refractivity contribution in [1.82, 2.24) is 24.3 Å². The highest BCUT2D eigenvalue weighted by molar-refractivity contribution is 7.15. The van der Waals surface area contributed by atoms with Crippen molar-refractivity contribution < 1.29 is 9.53 Å². The molecule has 4 rings (SSSR count). The lowest BCUT2D eigenvalue weighted by Crippen LogP contribution is -2.12. The van der Waals surface area contributed by atoms with Gasteiger partial charge < -0.3 is 15.8 Å². The molecule has 0 amide bonds. The maximum Gasteiger partial charge on any atom is 0.359 e. The number of nitrogens with one attached hydrogen (secondary N) is 1. The zero-order valence-electron chi connectivity index (χ0n) is 13.7. The van der Waals surface area contributed by atoms with Crippen molar-refractivity contribution in [2.75, 3.05) is 11.1 Å². The molecule has 3 aromatic heterocycles. The average molecular weight is 402 g/mol. The maximum atomic E-state index is 12.4. The molecule has 4 aromatic rings. The molecule has 0 spiro atoms. The molecule has 0 bridgehead atoms. The molecule has 0 atom stereocenters. The summed E-state index contributed by atoms with van der Waals surface area (Å²) in [6, 6.07) is 9.34. The molecule has 0 radical (unpaired) electrons. The van der Waals surface area contributed by atoms with Crippen LogP contribution in [0.1, 0.15) is 16.3 Å². The monoisotopic (exact) mass is 401 g/mol. The minimum absolute atomic E-state index is 0.0112. The second-order valence-electron chi connectivity index (χ2n) is 5.31. The molecule has 3 heterocycles. The van der Waals surface area contributed by atoms with Gasteiger partial charge in [0.15, 0.2) is 28.2 Å². The van der Waals surface area contributed by atoms with Gasteiger partial charge in [0.05, 0.1) is 0 Å². The van der Waals surface area contributed by atoms with Crippen LogP contribution >= 0.6 is 22.9 Å². The molecule has 0 saturated heterocycles. The molecule has 1 aromatic carbocycles. The zero-order valence-corrected chi connectivity index (χ0v) is 15.2. The number of nitrogens with two attached hydrogens (primary N) is 1. The first-order chi connectivity index (χ1) is 13.1. The van der Waals surface area contributed by atoms with Gasteiger partial charge in [0.2, 0.25) is 11.9 Å². The Labute approximate surface area is 161 Å². The van der Waals surface area contributed by atoms with Gasteiger partial charge in [0, 0.05) is 17.3 Å². The third kappa shape index (κ3) is 3.66. The molecule has 0 aliphatic heterocycles. The molecule has 136 valence electrons. The molecule has 0 unspecified atom stereocenters. The largest absolute Gasteiger partial charge is 0.453 e. The van der Waals surface area contributed by atoms with Gasteiger partial charge in [-0.3, -0.25) is 4.40 Å². The first-order valence-electron chi connectivity index (χ1n) is 7.71. The Morgan fingerprint density at radius 3 is 2.85 bits per heavy atom. The predicted molar refractivity (Wildman–Crippen MR) is 101 cm³/mol. The van der Waals surface area contributed by atoms with E-state index in [1.807, 2.05) is 30.3 Å². The van der Waals surface area contributed by atoms with Crippen LogP contribution in [0.4, 0.5) is 17.6 Å². The summed E-state index contributed by atoms with van der Waals surface area (Å²) >= 11 is 7.39. The molecule has 0 aliphatic carbocycles. The molecule has 9 nitrogen and oxygen atoms in total. The Morgan fingerprint density at radius 2 is 2.04 bits per heavy atom. The van der Waals surface area contributed by atoms with Crippen LogP contribution in [0.15, 0.2) is 41.9 Å². The van der Waals surface area contributed by atoms with Crippen LogP contribution in [0, 0.1) is 0 Å². The SMILES string of the molecule is Nc1nc(COC(=O)c2c(Cl)nc3sccn23)nc(Nc2ccccc2)n1. The molecule has 0 fully saturated rings. The quantitative estimate of drug-likeness (QED) is 0.490. The van der Waals surface area contributed by atoms with E-state index in [4.69, 9.17) is 22.1 Å². The van der Waals surface area contributed by atoms with E-state index in [0.29, 0.717) is 4.96 Å². The van der Waals surface area contributed by atoms with Gasteiger partial charge >= 0.3 is 5.97 Å². The van der Waals surface area contributed by atoms with Crippen molar-refractivity contribution in [1.29, 1.82) is 0 Å². The summed E-state index contributed by atoms with van der Waals surface area (Å²) in [5.74, 6) is -0.168. The highest BCUT2D eigenvalue weighted by atomic mass is 35.5. The fourth-order valence-corrected chi connectivity index (χ4v) is 3.36. The van der Waals surface area contributed by atoms with E-state index in [0.717, 1.165) is 5.69 Å². The first kappa shape index (κ1) is 17.2. The fraction of sp³-hybridized carbons (Fsp3) is 0.0625. The number of nitrogen functional groups attached to an aromatic ring is 1. The summed E-state index contributed by atoms with van der Waals surface area (Å²) in [6.45, 7) is -0.192. The lowest BCUT2D eigenvalue weighted by molar-refractivity contribution is 0.0454. The maximum absolute atomic E-state index is 12.4. The summed E-state index contributed by atoms with van der Waals surface area (Å²) in [5.41, 5.74) is 6.66. The Morgan fingerprint density at radius 1 is 1.22 bits per heavy atom. The molecular weight excluding hydrogens is 390 g/mol. The Bertz CT molecular complexity index is 1110. The van der Waals surface area contributed by atoms with Crippen LogP contribution in [0.3, 0.4) is 0 Å². The number of ether oxygens (including phenoxy) is 1. The lowest BCUT2D eigenvalue weighted by Gasteiger charge is -2.08. The second kappa shape index (κ2) is 7.17. The zero-order chi connectivity index (χ0) is 18.8. The van der Waals surface area contributed by atoms with E-state index in [1.165, 1.54) is 11.3 Å². The van der Waals surface area contributed by atoms with Gasteiger partial charge in [-0.15, -0.1) is 11.3 Å². The number of hydrogen-bond acceptors (Lipinski definition) is 9. The number of nitrogens with zero attached hydrogens (tertiary/aromatic N) is 5. The standard InChI is InChI=1S/C16H12ClN7O2S/c17-12-11(24-6-7-27-16(24)22-12)13(25)26-8-10-20-14(18)23-15(21-10)19-9-4-2-1-3-5-9/h1-7H,8H2,(H3,18,19,20,21,23). The molecular formula is C16H12ClN7O2S. The average Bonchev–Trinajstić information content (AvgIpc) is 3.20. The van der Waals surface area contributed by atoms with Gasteiger partial charge in [-0.05, 0) is 12.1 Å². The second-order valence-corrected chi connectivity index (χ2v) is 6.54. The van der Waals surface area contributed by atoms with E-state index in [-0.39, 0.29) is 35.2 Å². The van der Waals surface area contributed by atoms with Crippen LogP contribution in [0.5, 0.6) is 0 Å².